The number of nitrogens with zero attached hydrogens (tertiary/aromatic N) is 2. The molecular formula is C15H14N2O3. The zero-order chi connectivity index (χ0) is 14.5. The van der Waals surface area contributed by atoms with Crippen molar-refractivity contribution >= 4 is 17.6 Å². The maximum atomic E-state index is 11.8. The van der Waals surface area contributed by atoms with Crippen molar-refractivity contribution in [3.05, 3.63) is 59.9 Å². The molecule has 20 heavy (non-hydrogen) atoms. The molecule has 0 saturated heterocycles. The molecule has 2 aromatic rings. The van der Waals surface area contributed by atoms with Crippen LogP contribution in [-0.2, 0) is 11.3 Å². The number of carbonyl (C=O) groups excluding carboxylic acids is 1. The number of pyridine rings is 1. The number of carboxylic acid groups (broad SMARTS) is 1. The molecule has 102 valence electrons. The molecule has 1 aromatic carbocycles. The lowest BCUT2D eigenvalue weighted by Crippen LogP contribution is -2.28. The summed E-state index contributed by atoms with van der Waals surface area (Å²) in [6.45, 7) is 1.80. The molecule has 0 saturated carbocycles. The van der Waals surface area contributed by atoms with E-state index in [0.717, 1.165) is 5.56 Å². The molecule has 0 radical (unpaired) electrons. The Hall–Kier alpha value is -2.69. The van der Waals surface area contributed by atoms with Gasteiger partial charge in [-0.05, 0) is 29.8 Å². The van der Waals surface area contributed by atoms with E-state index in [1.165, 1.54) is 24.0 Å². The minimum atomic E-state index is -1.02. The number of hydrogen-bond acceptors (Lipinski definition) is 3. The van der Waals surface area contributed by atoms with Gasteiger partial charge in [0.25, 0.3) is 0 Å². The van der Waals surface area contributed by atoms with Gasteiger partial charge in [-0.15, -0.1) is 0 Å². The molecule has 2 rings (SSSR count). The molecular weight excluding hydrogens is 256 g/mol. The van der Waals surface area contributed by atoms with Crippen LogP contribution in [0.3, 0.4) is 0 Å². The summed E-state index contributed by atoms with van der Waals surface area (Å²) in [5.74, 6) is -1.17. The van der Waals surface area contributed by atoms with Crippen molar-refractivity contribution in [2.24, 2.45) is 0 Å². The fourth-order valence-electron chi connectivity index (χ4n) is 1.87. The zero-order valence-corrected chi connectivity index (χ0v) is 11.0. The fraction of sp³-hybridized carbons (Fsp3) is 0.133. The average Bonchev–Trinajstić information content (AvgIpc) is 2.45. The van der Waals surface area contributed by atoms with E-state index >= 15 is 0 Å². The summed E-state index contributed by atoms with van der Waals surface area (Å²) in [6, 6.07) is 9.97. The summed E-state index contributed by atoms with van der Waals surface area (Å²) < 4.78 is 0. The molecule has 0 atom stereocenters. The Kier molecular flexibility index (Phi) is 4.10. The van der Waals surface area contributed by atoms with Crippen molar-refractivity contribution in [2.75, 3.05) is 4.90 Å². The van der Waals surface area contributed by atoms with Crippen LogP contribution in [-0.4, -0.2) is 22.0 Å². The van der Waals surface area contributed by atoms with E-state index in [1.807, 2.05) is 6.07 Å². The highest BCUT2D eigenvalue weighted by Gasteiger charge is 2.14. The molecule has 0 fully saturated rings. The summed E-state index contributed by atoms with van der Waals surface area (Å²) in [5.41, 5.74) is 1.59. The van der Waals surface area contributed by atoms with Crippen LogP contribution in [0.25, 0.3) is 0 Å². The van der Waals surface area contributed by atoms with Crippen LogP contribution >= 0.6 is 0 Å². The van der Waals surface area contributed by atoms with Crippen molar-refractivity contribution in [1.82, 2.24) is 4.98 Å². The van der Waals surface area contributed by atoms with E-state index in [0.29, 0.717) is 12.2 Å². The topological polar surface area (TPSA) is 70.5 Å². The minimum absolute atomic E-state index is 0.153. The molecule has 1 amide bonds. The van der Waals surface area contributed by atoms with E-state index in [2.05, 4.69) is 4.98 Å². The lowest BCUT2D eigenvalue weighted by Gasteiger charge is -2.21. The van der Waals surface area contributed by atoms with Gasteiger partial charge in [-0.2, -0.15) is 0 Å². The number of aromatic carboxylic acids is 1. The molecule has 0 aliphatic rings. The number of rotatable bonds is 4. The van der Waals surface area contributed by atoms with E-state index in [1.54, 1.807) is 30.6 Å². The van der Waals surface area contributed by atoms with Gasteiger partial charge in [-0.1, -0.05) is 12.1 Å². The first-order chi connectivity index (χ1) is 9.58. The van der Waals surface area contributed by atoms with Gasteiger partial charge in [0, 0.05) is 25.0 Å². The quantitative estimate of drug-likeness (QED) is 0.925. The van der Waals surface area contributed by atoms with Crippen molar-refractivity contribution in [1.29, 1.82) is 0 Å². The highest BCUT2D eigenvalue weighted by molar-refractivity contribution is 5.94. The molecule has 1 heterocycles. The summed E-state index contributed by atoms with van der Waals surface area (Å²) in [4.78, 5) is 28.3. The molecule has 0 aliphatic heterocycles. The van der Waals surface area contributed by atoms with Crippen molar-refractivity contribution < 1.29 is 14.7 Å². The molecule has 0 unspecified atom stereocenters. The second-order valence-corrected chi connectivity index (χ2v) is 4.32. The molecule has 0 bridgehead atoms. The smallest absolute Gasteiger partial charge is 0.335 e. The molecule has 0 spiro atoms. The zero-order valence-electron chi connectivity index (χ0n) is 11.0. The predicted molar refractivity (Wildman–Crippen MR) is 74.5 cm³/mol. The van der Waals surface area contributed by atoms with Crippen LogP contribution < -0.4 is 4.90 Å². The number of aromatic nitrogens is 1. The first-order valence-corrected chi connectivity index (χ1v) is 6.08. The van der Waals surface area contributed by atoms with Gasteiger partial charge in [0.05, 0.1) is 12.1 Å². The summed E-state index contributed by atoms with van der Waals surface area (Å²) >= 11 is 0. The Morgan fingerprint density at radius 1 is 1.25 bits per heavy atom. The van der Waals surface area contributed by atoms with Gasteiger partial charge < -0.3 is 10.0 Å². The highest BCUT2D eigenvalue weighted by Crippen LogP contribution is 2.19. The number of benzene rings is 1. The molecule has 1 N–H and O–H groups in total. The number of anilines is 1. The third-order valence-corrected chi connectivity index (χ3v) is 2.85. The predicted octanol–water partition coefficient (Wildman–Crippen LogP) is 2.33. The Bertz CT molecular complexity index is 626. The third-order valence-electron chi connectivity index (χ3n) is 2.85. The van der Waals surface area contributed by atoms with Crippen LogP contribution in [0.15, 0.2) is 48.8 Å². The van der Waals surface area contributed by atoms with Crippen molar-refractivity contribution in [2.45, 2.75) is 13.5 Å². The van der Waals surface area contributed by atoms with Gasteiger partial charge in [-0.25, -0.2) is 4.79 Å². The standard InChI is InChI=1S/C15H14N2O3/c1-11(18)17(10-12-4-3-7-16-9-12)14-6-2-5-13(8-14)15(19)20/h2-9H,10H2,1H3,(H,19,20). The van der Waals surface area contributed by atoms with Gasteiger partial charge >= 0.3 is 5.97 Å². The SMILES string of the molecule is CC(=O)N(Cc1cccnc1)c1cccc(C(=O)O)c1. The van der Waals surface area contributed by atoms with Gasteiger partial charge in [0.1, 0.15) is 0 Å². The molecule has 1 aromatic heterocycles. The number of carbonyl (C=O) groups is 2. The highest BCUT2D eigenvalue weighted by atomic mass is 16.4. The monoisotopic (exact) mass is 270 g/mol. The normalized spacial score (nSPS) is 10.1. The maximum Gasteiger partial charge on any atom is 0.335 e. The summed E-state index contributed by atoms with van der Waals surface area (Å²) in [6.07, 6.45) is 3.34. The maximum absolute atomic E-state index is 11.8. The first kappa shape index (κ1) is 13.7. The second kappa shape index (κ2) is 5.97. The Morgan fingerprint density at radius 2 is 2.05 bits per heavy atom. The van der Waals surface area contributed by atoms with Gasteiger partial charge in [-0.3, -0.25) is 9.78 Å². The lowest BCUT2D eigenvalue weighted by molar-refractivity contribution is -0.116. The molecule has 5 nitrogen and oxygen atoms in total. The Balaban J connectivity index is 2.31. The summed E-state index contributed by atoms with van der Waals surface area (Å²) in [5, 5.41) is 9.01. The van der Waals surface area contributed by atoms with Crippen LogP contribution in [0.4, 0.5) is 5.69 Å². The lowest BCUT2D eigenvalue weighted by atomic mass is 10.1. The molecule has 5 heteroatoms. The number of carboxylic acids is 1. The third kappa shape index (κ3) is 3.20. The van der Waals surface area contributed by atoms with Crippen LogP contribution in [0, 0.1) is 0 Å². The average molecular weight is 270 g/mol. The Morgan fingerprint density at radius 3 is 2.65 bits per heavy atom. The van der Waals surface area contributed by atoms with Gasteiger partial charge in [0.2, 0.25) is 5.91 Å². The number of amides is 1. The van der Waals surface area contributed by atoms with Crippen molar-refractivity contribution in [3.8, 4) is 0 Å². The van der Waals surface area contributed by atoms with Crippen LogP contribution in [0.2, 0.25) is 0 Å². The molecule has 0 aliphatic carbocycles. The van der Waals surface area contributed by atoms with Gasteiger partial charge in [0.15, 0.2) is 0 Å². The van der Waals surface area contributed by atoms with Crippen LogP contribution in [0.5, 0.6) is 0 Å². The van der Waals surface area contributed by atoms with Crippen LogP contribution in [0.1, 0.15) is 22.8 Å². The van der Waals surface area contributed by atoms with E-state index in [4.69, 9.17) is 5.11 Å². The largest absolute Gasteiger partial charge is 0.478 e. The van der Waals surface area contributed by atoms with Crippen molar-refractivity contribution in [3.63, 3.8) is 0 Å². The minimum Gasteiger partial charge on any atom is -0.478 e. The number of hydrogen-bond donors (Lipinski definition) is 1. The summed E-state index contributed by atoms with van der Waals surface area (Å²) in [7, 11) is 0. The van der Waals surface area contributed by atoms with E-state index < -0.39 is 5.97 Å². The first-order valence-electron chi connectivity index (χ1n) is 6.08. The van der Waals surface area contributed by atoms with E-state index in [9.17, 15) is 9.59 Å². The fourth-order valence-corrected chi connectivity index (χ4v) is 1.87. The van der Waals surface area contributed by atoms with E-state index in [-0.39, 0.29) is 11.5 Å². The Labute approximate surface area is 116 Å². The second-order valence-electron chi connectivity index (χ2n) is 4.32.